The third kappa shape index (κ3) is 10.3. The van der Waals surface area contributed by atoms with Gasteiger partial charge >= 0.3 is 99.2 Å². The number of aryl methyl sites for hydroxylation is 3. The quantitative estimate of drug-likeness (QED) is 0.245. The second-order valence-electron chi connectivity index (χ2n) is 12.0. The van der Waals surface area contributed by atoms with Gasteiger partial charge in [0.25, 0.3) is 0 Å². The van der Waals surface area contributed by atoms with Crippen molar-refractivity contribution >= 4 is 3.21 Å². The van der Waals surface area contributed by atoms with Gasteiger partial charge in [0.05, 0.1) is 0 Å². The fourth-order valence-electron chi connectivity index (χ4n) is 5.15. The van der Waals surface area contributed by atoms with Crippen LogP contribution in [-0.2, 0) is 42.5 Å². The summed E-state index contributed by atoms with van der Waals surface area (Å²) < 4.78 is 1.42. The summed E-state index contributed by atoms with van der Waals surface area (Å²) in [6.07, 6.45) is 3.51. The first kappa shape index (κ1) is 36.8. The Morgan fingerprint density at radius 2 is 1.37 bits per heavy atom. The van der Waals surface area contributed by atoms with Crippen LogP contribution in [0.1, 0.15) is 78.6 Å². The molecule has 43 heavy (non-hydrogen) atoms. The van der Waals surface area contributed by atoms with Crippen LogP contribution in [0.2, 0.25) is 0 Å². The summed E-state index contributed by atoms with van der Waals surface area (Å²) in [5.41, 5.74) is 14.1. The average molecular weight is 685 g/mol. The van der Waals surface area contributed by atoms with Crippen LogP contribution in [0, 0.1) is 19.9 Å². The standard InChI is InChI=1S/C15H13.C13H10.C12H19.2ClH.Zr/c1-10-3-5-14-12(7-10)9-13-8-11(2)4-6-15(13)14;1-3-7-12(8-4-1)11-13-9-5-2-6-10-13;1-5-6-10-7-8-11(9-10)12(2,3)4;;;/h3-7H,9H2,1-2H3;1-10H;7-9H,5-6H2,1-4H3;2*1H;/q-1;;-1;;;+2/p-2. The van der Waals surface area contributed by atoms with E-state index in [4.69, 9.17) is 0 Å². The molecular weight excluding hydrogens is 643 g/mol. The van der Waals surface area contributed by atoms with Crippen molar-refractivity contribution in [3.05, 3.63) is 160 Å². The van der Waals surface area contributed by atoms with Gasteiger partial charge in [0.2, 0.25) is 0 Å². The van der Waals surface area contributed by atoms with Crippen molar-refractivity contribution in [2.45, 2.75) is 66.2 Å². The Morgan fingerprint density at radius 1 is 0.791 bits per heavy atom. The van der Waals surface area contributed by atoms with Gasteiger partial charge in [0.15, 0.2) is 0 Å². The Bertz CT molecular complexity index is 1480. The molecule has 6 rings (SSSR count). The molecule has 0 unspecified atom stereocenters. The van der Waals surface area contributed by atoms with Gasteiger partial charge < -0.3 is 24.8 Å². The summed E-state index contributed by atoms with van der Waals surface area (Å²) in [5.74, 6) is 0. The summed E-state index contributed by atoms with van der Waals surface area (Å²) in [5, 5.41) is 0. The molecule has 0 heterocycles. The molecule has 0 spiro atoms. The molecule has 0 radical (unpaired) electrons. The third-order valence-electron chi connectivity index (χ3n) is 7.44. The van der Waals surface area contributed by atoms with Crippen LogP contribution < -0.4 is 24.8 Å². The van der Waals surface area contributed by atoms with Crippen LogP contribution in [0.25, 0.3) is 11.1 Å². The van der Waals surface area contributed by atoms with Crippen LogP contribution in [-0.4, -0.2) is 3.21 Å². The van der Waals surface area contributed by atoms with Crippen LogP contribution in [0.15, 0.2) is 109 Å². The fraction of sp³-hybridized carbons (Fsp3) is 0.250. The number of fused-ring (bicyclic) bond motifs is 3. The predicted octanol–water partition coefficient (Wildman–Crippen LogP) is 4.14. The molecule has 5 aromatic carbocycles. The van der Waals surface area contributed by atoms with Gasteiger partial charge in [-0.2, -0.15) is 47.0 Å². The Labute approximate surface area is 287 Å². The average Bonchev–Trinajstić information content (AvgIpc) is 3.58. The molecule has 0 saturated carbocycles. The normalized spacial score (nSPS) is 10.9. The monoisotopic (exact) mass is 682 g/mol. The van der Waals surface area contributed by atoms with Gasteiger partial charge in [-0.3, -0.25) is 0 Å². The van der Waals surface area contributed by atoms with Crippen molar-refractivity contribution in [3.63, 3.8) is 0 Å². The van der Waals surface area contributed by atoms with Gasteiger partial charge in [-0.1, -0.05) is 82.2 Å². The third-order valence-corrected chi connectivity index (χ3v) is 8.86. The van der Waals surface area contributed by atoms with Gasteiger partial charge in [0, 0.05) is 0 Å². The van der Waals surface area contributed by atoms with E-state index >= 15 is 0 Å². The Morgan fingerprint density at radius 3 is 1.91 bits per heavy atom. The zero-order chi connectivity index (χ0) is 29.4. The first-order valence-electron chi connectivity index (χ1n) is 14.7. The molecule has 0 amide bonds. The number of hydrogen-bond acceptors (Lipinski definition) is 0. The molecule has 1 aliphatic rings. The maximum absolute atomic E-state index is 3.45. The van der Waals surface area contributed by atoms with E-state index in [1.54, 1.807) is 0 Å². The molecular formula is C40H42Cl2Zr-2. The minimum absolute atomic E-state index is 0. The SMILES string of the molecule is CCCc1cc(C(C)(C)C)c[cH-]1.Cc1[c-]c2c(cc1)-c1ccc(C)cc1C2.[Cl-].[Cl-].[Zr+2]=[C](c1ccccc1)c1ccccc1. The van der Waals surface area contributed by atoms with Crippen molar-refractivity contribution in [1.82, 2.24) is 0 Å². The van der Waals surface area contributed by atoms with Crippen molar-refractivity contribution in [1.29, 1.82) is 0 Å². The summed E-state index contributed by atoms with van der Waals surface area (Å²) in [7, 11) is 0. The van der Waals surface area contributed by atoms with E-state index in [0.29, 0.717) is 5.41 Å². The molecule has 0 fully saturated rings. The van der Waals surface area contributed by atoms with Gasteiger partial charge in [-0.05, 0) is 18.9 Å². The predicted molar refractivity (Wildman–Crippen MR) is 174 cm³/mol. The van der Waals surface area contributed by atoms with Crippen LogP contribution in [0.4, 0.5) is 0 Å². The second-order valence-corrected chi connectivity index (χ2v) is 13.2. The number of halogens is 2. The van der Waals surface area contributed by atoms with Crippen molar-refractivity contribution in [3.8, 4) is 11.1 Å². The molecule has 0 N–H and O–H groups in total. The van der Waals surface area contributed by atoms with E-state index < -0.39 is 0 Å². The van der Waals surface area contributed by atoms with Gasteiger partial charge in [-0.25, -0.2) is 6.07 Å². The summed E-state index contributed by atoms with van der Waals surface area (Å²) in [4.78, 5) is 0. The van der Waals surface area contributed by atoms with Crippen molar-refractivity contribution in [2.24, 2.45) is 0 Å². The van der Waals surface area contributed by atoms with Gasteiger partial charge in [0.1, 0.15) is 0 Å². The zero-order valence-electron chi connectivity index (χ0n) is 26.3. The Kier molecular flexibility index (Phi) is 14.7. The van der Waals surface area contributed by atoms with Crippen molar-refractivity contribution < 1.29 is 49.0 Å². The van der Waals surface area contributed by atoms with Crippen LogP contribution >= 0.6 is 0 Å². The van der Waals surface area contributed by atoms with E-state index in [9.17, 15) is 0 Å². The Hall–Kier alpha value is -2.44. The molecule has 222 valence electrons. The molecule has 1 aliphatic carbocycles. The maximum atomic E-state index is 3.45. The molecule has 5 aromatic rings. The van der Waals surface area contributed by atoms with E-state index in [-0.39, 0.29) is 24.8 Å². The summed E-state index contributed by atoms with van der Waals surface area (Å²) in [6, 6.07) is 42.5. The van der Waals surface area contributed by atoms with Gasteiger partial charge in [-0.15, -0.1) is 11.1 Å². The molecule has 0 atom stereocenters. The molecule has 0 saturated heterocycles. The molecule has 3 heteroatoms. The van der Waals surface area contributed by atoms with E-state index in [2.05, 4.69) is 157 Å². The van der Waals surface area contributed by atoms with E-state index in [1.165, 1.54) is 95.9 Å². The van der Waals surface area contributed by atoms with Crippen molar-refractivity contribution in [2.75, 3.05) is 0 Å². The van der Waals surface area contributed by atoms with E-state index in [1.807, 2.05) is 0 Å². The zero-order valence-corrected chi connectivity index (χ0v) is 30.2. The first-order chi connectivity index (χ1) is 19.7. The minimum atomic E-state index is 0. The second kappa shape index (κ2) is 17.2. The molecule has 0 bridgehead atoms. The van der Waals surface area contributed by atoms with Crippen LogP contribution in [0.5, 0.6) is 0 Å². The molecule has 0 aliphatic heterocycles. The summed E-state index contributed by atoms with van der Waals surface area (Å²) >= 11 is 1.46. The molecule has 0 aromatic heterocycles. The summed E-state index contributed by atoms with van der Waals surface area (Å²) in [6.45, 7) is 13.3. The fourth-order valence-corrected chi connectivity index (χ4v) is 5.97. The number of benzene rings is 4. The first-order valence-corrected chi connectivity index (χ1v) is 16.0. The van der Waals surface area contributed by atoms with Crippen LogP contribution in [0.3, 0.4) is 0 Å². The Balaban J connectivity index is 0.000000222. The number of rotatable bonds is 4. The topological polar surface area (TPSA) is 0 Å². The molecule has 0 nitrogen and oxygen atoms in total. The van der Waals surface area contributed by atoms with E-state index in [0.717, 1.165) is 6.42 Å². The number of hydrogen-bond donors (Lipinski definition) is 0.